The molecule has 0 unspecified atom stereocenters. The number of rotatable bonds is 1. The Bertz CT molecular complexity index is 234. The Morgan fingerprint density at radius 2 is 1.60 bits per heavy atom. The Morgan fingerprint density at radius 1 is 1.27 bits per heavy atom. The third-order valence-electron chi connectivity index (χ3n) is 1.32. The normalized spacial score (nSPS) is 7.80. The van der Waals surface area contributed by atoms with Crippen LogP contribution in [0.25, 0.3) is 0 Å². The van der Waals surface area contributed by atoms with Gasteiger partial charge in [-0.3, -0.25) is 4.79 Å². The lowest BCUT2D eigenvalue weighted by Crippen LogP contribution is -2.07. The second-order valence-corrected chi connectivity index (χ2v) is 2.74. The van der Waals surface area contributed by atoms with Crippen molar-refractivity contribution in [2.24, 2.45) is 5.73 Å². The summed E-state index contributed by atoms with van der Waals surface area (Å²) in [6.45, 7) is 7.61. The molecule has 0 atom stereocenters. The quantitative estimate of drug-likeness (QED) is 0.749. The Labute approximate surface area is 91.9 Å². The zero-order valence-electron chi connectivity index (χ0n) is 9.95. The molecule has 1 aromatic rings. The van der Waals surface area contributed by atoms with Crippen LogP contribution in [0.4, 0.5) is 0 Å². The summed E-state index contributed by atoms with van der Waals surface area (Å²) >= 11 is 0. The van der Waals surface area contributed by atoms with E-state index in [2.05, 4.69) is 0 Å². The van der Waals surface area contributed by atoms with Crippen molar-refractivity contribution in [3.63, 3.8) is 0 Å². The number of carbonyl (C=O) groups is 1. The Kier molecular flexibility index (Phi) is 11.5. The number of nitrogens with two attached hydrogens (primary N) is 1. The summed E-state index contributed by atoms with van der Waals surface area (Å²) in [4.78, 5) is 9.69. The van der Waals surface area contributed by atoms with Gasteiger partial charge in [-0.1, -0.05) is 31.5 Å². The highest BCUT2D eigenvalue weighted by Gasteiger charge is 1.82. The van der Waals surface area contributed by atoms with Crippen molar-refractivity contribution in [1.29, 1.82) is 0 Å². The summed E-state index contributed by atoms with van der Waals surface area (Å²) in [5, 5.41) is 8.76. The van der Waals surface area contributed by atoms with E-state index in [0.29, 0.717) is 5.75 Å². The maximum Gasteiger partial charge on any atom is 0.143 e. The average molecular weight is 211 g/mol. The number of hydrogen-bond donors (Lipinski definition) is 2. The predicted octanol–water partition coefficient (Wildman–Crippen LogP) is 2.26. The molecule has 0 fully saturated rings. The summed E-state index contributed by atoms with van der Waals surface area (Å²) < 4.78 is 0. The zero-order valence-corrected chi connectivity index (χ0v) is 9.95. The SMILES string of the molecule is CC.CC(=O)CN.Cc1ccc(O)cc1. The maximum atomic E-state index is 9.69. The molecule has 3 nitrogen and oxygen atoms in total. The Balaban J connectivity index is 0. The summed E-state index contributed by atoms with van der Waals surface area (Å²) in [7, 11) is 0. The van der Waals surface area contributed by atoms with E-state index in [9.17, 15) is 4.79 Å². The monoisotopic (exact) mass is 211 g/mol. The molecule has 0 amide bonds. The van der Waals surface area contributed by atoms with Crippen molar-refractivity contribution in [3.05, 3.63) is 29.8 Å². The number of Topliss-reactive ketones (excluding diaryl/α,β-unsaturated/α-hetero) is 1. The number of benzene rings is 1. The van der Waals surface area contributed by atoms with E-state index >= 15 is 0 Å². The second-order valence-electron chi connectivity index (χ2n) is 2.74. The van der Waals surface area contributed by atoms with Crippen molar-refractivity contribution >= 4 is 5.78 Å². The molecule has 0 saturated carbocycles. The summed E-state index contributed by atoms with van der Waals surface area (Å²) in [5.74, 6) is 0.362. The lowest BCUT2D eigenvalue weighted by molar-refractivity contribution is -0.115. The van der Waals surface area contributed by atoms with Gasteiger partial charge in [-0.2, -0.15) is 0 Å². The molecule has 1 aromatic carbocycles. The standard InChI is InChI=1S/C7H8O.C3H7NO.C2H6/c1-6-2-4-7(8)5-3-6;1-3(5)2-4;1-2/h2-5,8H,1H3;2,4H2,1H3;1-2H3. The second kappa shape index (κ2) is 10.7. The fourth-order valence-electron chi connectivity index (χ4n) is 0.545. The third-order valence-corrected chi connectivity index (χ3v) is 1.32. The highest BCUT2D eigenvalue weighted by atomic mass is 16.3. The molecule has 0 saturated heterocycles. The number of ketones is 1. The summed E-state index contributed by atoms with van der Waals surface area (Å²) in [5.41, 5.74) is 5.99. The first-order valence-electron chi connectivity index (χ1n) is 5.01. The van der Waals surface area contributed by atoms with Gasteiger partial charge in [0.2, 0.25) is 0 Å². The molecular formula is C12H21NO2. The molecule has 0 aliphatic rings. The molecule has 1 rings (SSSR count). The fraction of sp³-hybridized carbons (Fsp3) is 0.417. The van der Waals surface area contributed by atoms with Crippen LogP contribution in [-0.4, -0.2) is 17.4 Å². The smallest absolute Gasteiger partial charge is 0.143 e. The summed E-state index contributed by atoms with van der Waals surface area (Å²) in [6.07, 6.45) is 0. The molecule has 15 heavy (non-hydrogen) atoms. The van der Waals surface area contributed by atoms with Gasteiger partial charge in [0.05, 0.1) is 6.54 Å². The lowest BCUT2D eigenvalue weighted by atomic mass is 10.2. The number of aryl methyl sites for hydroxylation is 1. The van der Waals surface area contributed by atoms with Gasteiger partial charge < -0.3 is 10.8 Å². The van der Waals surface area contributed by atoms with Crippen LogP contribution in [0.2, 0.25) is 0 Å². The number of carbonyl (C=O) groups excluding carboxylic acids is 1. The van der Waals surface area contributed by atoms with Crippen LogP contribution >= 0.6 is 0 Å². The summed E-state index contributed by atoms with van der Waals surface area (Å²) in [6, 6.07) is 7.09. The first kappa shape index (κ1) is 16.1. The minimum absolute atomic E-state index is 0.0324. The van der Waals surface area contributed by atoms with Crippen LogP contribution in [0, 0.1) is 6.92 Å². The fourth-order valence-corrected chi connectivity index (χ4v) is 0.545. The van der Waals surface area contributed by atoms with E-state index in [-0.39, 0.29) is 12.3 Å². The van der Waals surface area contributed by atoms with Gasteiger partial charge in [0.15, 0.2) is 0 Å². The number of phenols is 1. The average Bonchev–Trinajstić information content (AvgIpc) is 2.26. The molecular weight excluding hydrogens is 190 g/mol. The van der Waals surface area contributed by atoms with Crippen LogP contribution < -0.4 is 5.73 Å². The van der Waals surface area contributed by atoms with Gasteiger partial charge in [0, 0.05) is 0 Å². The van der Waals surface area contributed by atoms with Crippen molar-refractivity contribution in [2.75, 3.05) is 6.54 Å². The van der Waals surface area contributed by atoms with Crippen molar-refractivity contribution in [2.45, 2.75) is 27.7 Å². The highest BCUT2D eigenvalue weighted by molar-refractivity contribution is 5.77. The molecule has 0 spiro atoms. The zero-order chi connectivity index (χ0) is 12.3. The van der Waals surface area contributed by atoms with Crippen LogP contribution in [-0.2, 0) is 4.79 Å². The molecule has 86 valence electrons. The maximum absolute atomic E-state index is 9.69. The van der Waals surface area contributed by atoms with Crippen molar-refractivity contribution in [3.8, 4) is 5.75 Å². The number of phenolic OH excluding ortho intramolecular Hbond substituents is 1. The molecule has 0 bridgehead atoms. The minimum atomic E-state index is 0.0324. The van der Waals surface area contributed by atoms with Gasteiger partial charge in [-0.25, -0.2) is 0 Å². The molecule has 0 aliphatic heterocycles. The van der Waals surface area contributed by atoms with Crippen molar-refractivity contribution in [1.82, 2.24) is 0 Å². The first-order chi connectivity index (χ1) is 7.06. The highest BCUT2D eigenvalue weighted by Crippen LogP contribution is 2.07. The van der Waals surface area contributed by atoms with E-state index in [0.717, 1.165) is 0 Å². The largest absolute Gasteiger partial charge is 0.508 e. The van der Waals surface area contributed by atoms with E-state index < -0.39 is 0 Å². The minimum Gasteiger partial charge on any atom is -0.508 e. The topological polar surface area (TPSA) is 63.3 Å². The van der Waals surface area contributed by atoms with Crippen molar-refractivity contribution < 1.29 is 9.90 Å². The van der Waals surface area contributed by atoms with E-state index in [1.165, 1.54) is 12.5 Å². The first-order valence-corrected chi connectivity index (χ1v) is 5.01. The molecule has 3 heteroatoms. The van der Waals surface area contributed by atoms with E-state index in [1.54, 1.807) is 12.1 Å². The van der Waals surface area contributed by atoms with E-state index in [1.807, 2.05) is 32.9 Å². The number of aromatic hydroxyl groups is 1. The molecule has 0 heterocycles. The lowest BCUT2D eigenvalue weighted by Gasteiger charge is -1.89. The van der Waals surface area contributed by atoms with E-state index in [4.69, 9.17) is 10.8 Å². The molecule has 3 N–H and O–H groups in total. The third kappa shape index (κ3) is 12.6. The Hall–Kier alpha value is -1.35. The van der Waals surface area contributed by atoms with Gasteiger partial charge in [-0.05, 0) is 26.0 Å². The van der Waals surface area contributed by atoms with Gasteiger partial charge in [0.1, 0.15) is 11.5 Å². The predicted molar refractivity (Wildman–Crippen MR) is 63.9 cm³/mol. The van der Waals surface area contributed by atoms with Crippen LogP contribution in [0.15, 0.2) is 24.3 Å². The van der Waals surface area contributed by atoms with Crippen LogP contribution in [0.3, 0.4) is 0 Å². The van der Waals surface area contributed by atoms with Gasteiger partial charge in [0.25, 0.3) is 0 Å². The molecule has 0 radical (unpaired) electrons. The number of hydrogen-bond acceptors (Lipinski definition) is 3. The molecule has 0 aliphatic carbocycles. The molecule has 0 aromatic heterocycles. The Morgan fingerprint density at radius 3 is 1.80 bits per heavy atom. The van der Waals surface area contributed by atoms with Gasteiger partial charge >= 0.3 is 0 Å². The van der Waals surface area contributed by atoms with Crippen LogP contribution in [0.5, 0.6) is 5.75 Å². The van der Waals surface area contributed by atoms with Gasteiger partial charge in [-0.15, -0.1) is 0 Å². The van der Waals surface area contributed by atoms with Crippen LogP contribution in [0.1, 0.15) is 26.3 Å².